The van der Waals surface area contributed by atoms with Gasteiger partial charge in [0.15, 0.2) is 5.13 Å². The van der Waals surface area contributed by atoms with Gasteiger partial charge in [-0.2, -0.15) is 0 Å². The summed E-state index contributed by atoms with van der Waals surface area (Å²) >= 11 is 1.55. The Kier molecular flexibility index (Phi) is 4.23. The van der Waals surface area contributed by atoms with Crippen LogP contribution in [0.15, 0.2) is 72.4 Å². The van der Waals surface area contributed by atoms with Crippen LogP contribution in [-0.4, -0.2) is 15.0 Å². The number of pyridine rings is 2. The van der Waals surface area contributed by atoms with Crippen LogP contribution in [0.1, 0.15) is 5.56 Å². The monoisotopic (exact) mass is 344 g/mol. The summed E-state index contributed by atoms with van der Waals surface area (Å²) in [5, 5.41) is 6.10. The average molecular weight is 344 g/mol. The molecule has 1 aromatic carbocycles. The highest BCUT2D eigenvalue weighted by Gasteiger charge is 2.11. The van der Waals surface area contributed by atoms with Gasteiger partial charge in [-0.1, -0.05) is 35.9 Å². The van der Waals surface area contributed by atoms with Crippen LogP contribution < -0.4 is 5.32 Å². The molecule has 0 bridgehead atoms. The van der Waals surface area contributed by atoms with Gasteiger partial charge >= 0.3 is 0 Å². The Morgan fingerprint density at radius 2 is 1.72 bits per heavy atom. The highest BCUT2D eigenvalue weighted by atomic mass is 32.1. The Labute approximate surface area is 150 Å². The number of aryl methyl sites for hydroxylation is 1. The van der Waals surface area contributed by atoms with Crippen molar-refractivity contribution in [3.63, 3.8) is 0 Å². The Balaban J connectivity index is 1.81. The molecule has 0 amide bonds. The summed E-state index contributed by atoms with van der Waals surface area (Å²) < 4.78 is 0. The van der Waals surface area contributed by atoms with E-state index >= 15 is 0 Å². The van der Waals surface area contributed by atoms with Gasteiger partial charge in [0.2, 0.25) is 0 Å². The van der Waals surface area contributed by atoms with Crippen molar-refractivity contribution in [2.75, 3.05) is 5.32 Å². The van der Waals surface area contributed by atoms with Gasteiger partial charge in [0.25, 0.3) is 0 Å². The first-order valence-corrected chi connectivity index (χ1v) is 8.83. The van der Waals surface area contributed by atoms with Crippen LogP contribution in [0.3, 0.4) is 0 Å². The number of hydrogen-bond donors (Lipinski definition) is 1. The molecule has 122 valence electrons. The summed E-state index contributed by atoms with van der Waals surface area (Å²) in [6, 6.07) is 18.3. The third-order valence-corrected chi connectivity index (χ3v) is 4.53. The van der Waals surface area contributed by atoms with E-state index in [1.54, 1.807) is 23.7 Å². The second kappa shape index (κ2) is 6.83. The second-order valence-electron chi connectivity index (χ2n) is 5.64. The molecule has 0 aliphatic heterocycles. The van der Waals surface area contributed by atoms with Crippen molar-refractivity contribution >= 4 is 22.3 Å². The summed E-state index contributed by atoms with van der Waals surface area (Å²) in [5.41, 5.74) is 5.06. The SMILES string of the molecule is Cc1ccc(-c2ccc(-c3ccccn3)nc2Nc2nccs2)cc1. The number of benzene rings is 1. The Morgan fingerprint density at radius 1 is 0.840 bits per heavy atom. The number of thiazole rings is 1. The average Bonchev–Trinajstić information content (AvgIpc) is 3.16. The van der Waals surface area contributed by atoms with Crippen molar-refractivity contribution in [3.8, 4) is 22.5 Å². The van der Waals surface area contributed by atoms with E-state index in [0.717, 1.165) is 33.5 Å². The second-order valence-corrected chi connectivity index (χ2v) is 6.53. The van der Waals surface area contributed by atoms with Crippen LogP contribution >= 0.6 is 11.3 Å². The quantitative estimate of drug-likeness (QED) is 0.544. The van der Waals surface area contributed by atoms with Crippen LogP contribution in [0.25, 0.3) is 22.5 Å². The molecule has 0 spiro atoms. The minimum absolute atomic E-state index is 0.780. The van der Waals surface area contributed by atoms with E-state index in [1.807, 2.05) is 29.6 Å². The Bertz CT molecular complexity index is 965. The summed E-state index contributed by atoms with van der Waals surface area (Å²) in [6.45, 7) is 2.08. The molecular weight excluding hydrogens is 328 g/mol. The van der Waals surface area contributed by atoms with Gasteiger partial charge in [0, 0.05) is 23.3 Å². The smallest absolute Gasteiger partial charge is 0.188 e. The molecule has 0 atom stereocenters. The molecule has 25 heavy (non-hydrogen) atoms. The lowest BCUT2D eigenvalue weighted by Gasteiger charge is -2.12. The van der Waals surface area contributed by atoms with Gasteiger partial charge < -0.3 is 5.32 Å². The van der Waals surface area contributed by atoms with E-state index < -0.39 is 0 Å². The van der Waals surface area contributed by atoms with Gasteiger partial charge in [-0.25, -0.2) is 9.97 Å². The molecule has 0 fully saturated rings. The third kappa shape index (κ3) is 3.41. The van der Waals surface area contributed by atoms with E-state index in [-0.39, 0.29) is 0 Å². The summed E-state index contributed by atoms with van der Waals surface area (Å²) in [7, 11) is 0. The maximum atomic E-state index is 4.81. The molecule has 0 aliphatic carbocycles. The largest absolute Gasteiger partial charge is 0.316 e. The highest BCUT2D eigenvalue weighted by Crippen LogP contribution is 2.31. The molecule has 0 saturated heterocycles. The first-order valence-electron chi connectivity index (χ1n) is 7.95. The van der Waals surface area contributed by atoms with Crippen molar-refractivity contribution < 1.29 is 0 Å². The zero-order valence-electron chi connectivity index (χ0n) is 13.7. The van der Waals surface area contributed by atoms with Crippen molar-refractivity contribution in [1.82, 2.24) is 15.0 Å². The maximum Gasteiger partial charge on any atom is 0.188 e. The van der Waals surface area contributed by atoms with Crippen molar-refractivity contribution in [2.45, 2.75) is 6.92 Å². The van der Waals surface area contributed by atoms with E-state index in [9.17, 15) is 0 Å². The maximum absolute atomic E-state index is 4.81. The van der Waals surface area contributed by atoms with E-state index in [2.05, 4.69) is 52.5 Å². The molecule has 0 radical (unpaired) electrons. The van der Waals surface area contributed by atoms with Crippen molar-refractivity contribution in [3.05, 3.63) is 77.9 Å². The van der Waals surface area contributed by atoms with E-state index in [0.29, 0.717) is 0 Å². The molecule has 0 aliphatic rings. The molecular formula is C20H16N4S. The fourth-order valence-corrected chi connectivity index (χ4v) is 3.09. The predicted molar refractivity (Wildman–Crippen MR) is 103 cm³/mol. The van der Waals surface area contributed by atoms with Gasteiger partial charge in [-0.05, 0) is 36.8 Å². The number of nitrogens with one attached hydrogen (secondary N) is 1. The van der Waals surface area contributed by atoms with Gasteiger partial charge in [-0.3, -0.25) is 4.98 Å². The van der Waals surface area contributed by atoms with Crippen molar-refractivity contribution in [2.24, 2.45) is 0 Å². The molecule has 4 aromatic rings. The van der Waals surface area contributed by atoms with Gasteiger partial charge in [0.1, 0.15) is 5.82 Å². The lowest BCUT2D eigenvalue weighted by molar-refractivity contribution is 1.24. The highest BCUT2D eigenvalue weighted by molar-refractivity contribution is 7.13. The number of anilines is 2. The number of rotatable bonds is 4. The number of aromatic nitrogens is 3. The first kappa shape index (κ1) is 15.5. The van der Waals surface area contributed by atoms with Gasteiger partial charge in [0.05, 0.1) is 11.4 Å². The molecule has 3 aromatic heterocycles. The molecule has 4 rings (SSSR count). The molecule has 4 nitrogen and oxygen atoms in total. The lowest BCUT2D eigenvalue weighted by Crippen LogP contribution is -1.98. The van der Waals surface area contributed by atoms with Crippen LogP contribution in [0, 0.1) is 6.92 Å². The summed E-state index contributed by atoms with van der Waals surface area (Å²) in [4.78, 5) is 13.5. The normalized spacial score (nSPS) is 10.6. The van der Waals surface area contributed by atoms with Crippen LogP contribution in [-0.2, 0) is 0 Å². The predicted octanol–water partition coefficient (Wildman–Crippen LogP) is 5.32. The van der Waals surface area contributed by atoms with Crippen molar-refractivity contribution in [1.29, 1.82) is 0 Å². The fourth-order valence-electron chi connectivity index (χ4n) is 2.56. The zero-order chi connectivity index (χ0) is 17.1. The van der Waals surface area contributed by atoms with Gasteiger partial charge in [-0.15, -0.1) is 11.3 Å². The Hall–Kier alpha value is -3.05. The lowest BCUT2D eigenvalue weighted by atomic mass is 10.0. The van der Waals surface area contributed by atoms with Crippen LogP contribution in [0.2, 0.25) is 0 Å². The van der Waals surface area contributed by atoms with Crippen LogP contribution in [0.5, 0.6) is 0 Å². The number of nitrogens with zero attached hydrogens (tertiary/aromatic N) is 3. The Morgan fingerprint density at radius 3 is 2.44 bits per heavy atom. The minimum atomic E-state index is 0.780. The molecule has 1 N–H and O–H groups in total. The summed E-state index contributed by atoms with van der Waals surface area (Å²) in [6.07, 6.45) is 3.56. The molecule has 0 unspecified atom stereocenters. The first-order chi connectivity index (χ1) is 12.3. The topological polar surface area (TPSA) is 50.7 Å². The zero-order valence-corrected chi connectivity index (χ0v) is 14.5. The minimum Gasteiger partial charge on any atom is -0.316 e. The van der Waals surface area contributed by atoms with E-state index in [4.69, 9.17) is 4.98 Å². The standard InChI is InChI=1S/C20H16N4S/c1-14-5-7-15(8-6-14)16-9-10-18(17-4-2-3-11-21-17)23-19(16)24-20-22-12-13-25-20/h2-13H,1H3,(H,22,23,24). The third-order valence-electron chi connectivity index (χ3n) is 3.84. The molecule has 0 saturated carbocycles. The molecule has 3 heterocycles. The number of hydrogen-bond acceptors (Lipinski definition) is 5. The summed E-state index contributed by atoms with van der Waals surface area (Å²) in [5.74, 6) is 0.780. The van der Waals surface area contributed by atoms with E-state index in [1.165, 1.54) is 5.56 Å². The fraction of sp³-hybridized carbons (Fsp3) is 0.0500. The molecule has 5 heteroatoms. The van der Waals surface area contributed by atoms with Crippen LogP contribution in [0.4, 0.5) is 10.9 Å².